The minimum absolute atomic E-state index is 0.0534. The number of benzene rings is 2. The molecule has 118 valence electrons. The molecule has 4 nitrogen and oxygen atoms in total. The Hall–Kier alpha value is -2.33. The average molecular weight is 328 g/mol. The van der Waals surface area contributed by atoms with Crippen molar-refractivity contribution in [2.75, 3.05) is 0 Å². The van der Waals surface area contributed by atoms with Crippen molar-refractivity contribution >= 4 is 28.5 Å². The second kappa shape index (κ2) is 6.42. The summed E-state index contributed by atoms with van der Waals surface area (Å²) < 4.78 is 0. The molecule has 3 rings (SSSR count). The van der Waals surface area contributed by atoms with E-state index < -0.39 is 0 Å². The molecule has 5 heteroatoms. The third-order valence-electron chi connectivity index (χ3n) is 3.85. The first-order valence-electron chi connectivity index (χ1n) is 7.63. The molecule has 0 saturated carbocycles. The van der Waals surface area contributed by atoms with Gasteiger partial charge in [0, 0.05) is 22.2 Å². The van der Waals surface area contributed by atoms with Gasteiger partial charge in [0.25, 0.3) is 5.91 Å². The molecular formula is C18H18ClN3O. The second-order valence-corrected chi connectivity index (χ2v) is 6.04. The van der Waals surface area contributed by atoms with Crippen LogP contribution >= 0.6 is 11.6 Å². The lowest BCUT2D eigenvalue weighted by Crippen LogP contribution is -2.31. The van der Waals surface area contributed by atoms with Crippen LogP contribution < -0.4 is 5.32 Å². The molecule has 0 aliphatic rings. The first kappa shape index (κ1) is 15.6. The molecule has 0 saturated heterocycles. The van der Waals surface area contributed by atoms with E-state index in [0.717, 1.165) is 28.8 Å². The van der Waals surface area contributed by atoms with Crippen molar-refractivity contribution < 1.29 is 4.79 Å². The summed E-state index contributed by atoms with van der Waals surface area (Å²) >= 11 is 5.99. The fourth-order valence-electron chi connectivity index (χ4n) is 2.31. The van der Waals surface area contributed by atoms with Crippen molar-refractivity contribution in [1.29, 1.82) is 0 Å². The molecule has 0 spiro atoms. The maximum absolute atomic E-state index is 12.1. The number of carbonyl (C=O) groups is 1. The Balaban J connectivity index is 1.84. The smallest absolute Gasteiger partial charge is 0.251 e. The highest BCUT2D eigenvalue weighted by molar-refractivity contribution is 6.31. The predicted octanol–water partition coefficient (Wildman–Crippen LogP) is 4.41. The molecule has 2 N–H and O–H groups in total. The van der Waals surface area contributed by atoms with E-state index in [1.165, 1.54) is 0 Å². The van der Waals surface area contributed by atoms with Gasteiger partial charge in [-0.05, 0) is 43.7 Å². The number of imidazole rings is 1. The van der Waals surface area contributed by atoms with Crippen LogP contribution in [0.3, 0.4) is 0 Å². The number of H-pyrrole nitrogens is 1. The summed E-state index contributed by atoms with van der Waals surface area (Å²) in [5, 5.41) is 3.63. The van der Waals surface area contributed by atoms with E-state index in [2.05, 4.69) is 15.3 Å². The third-order valence-corrected chi connectivity index (χ3v) is 4.09. The molecule has 1 amide bonds. The highest BCUT2D eigenvalue weighted by Crippen LogP contribution is 2.23. The molecule has 0 fully saturated rings. The minimum atomic E-state index is -0.0534. The Morgan fingerprint density at radius 1 is 1.26 bits per heavy atom. The van der Waals surface area contributed by atoms with E-state index in [-0.39, 0.29) is 11.9 Å². The average Bonchev–Trinajstić information content (AvgIpc) is 2.97. The number of hydrogen-bond acceptors (Lipinski definition) is 2. The number of aromatic nitrogens is 2. The SMILES string of the molecule is CC[C@@H](C)NC(=O)c1ccc(-c2nc3ccc(Cl)cc3[nH]2)cc1. The summed E-state index contributed by atoms with van der Waals surface area (Å²) in [7, 11) is 0. The largest absolute Gasteiger partial charge is 0.350 e. The third kappa shape index (κ3) is 3.37. The molecule has 23 heavy (non-hydrogen) atoms. The standard InChI is InChI=1S/C18H18ClN3O/c1-3-11(2)20-18(23)13-6-4-12(5-7-13)17-21-15-9-8-14(19)10-16(15)22-17/h4-11H,3H2,1-2H3,(H,20,23)(H,21,22)/t11-/m1/s1. The fourth-order valence-corrected chi connectivity index (χ4v) is 2.48. The second-order valence-electron chi connectivity index (χ2n) is 5.61. The van der Waals surface area contributed by atoms with Crippen LogP contribution in [-0.4, -0.2) is 21.9 Å². The number of aromatic amines is 1. The molecule has 0 aliphatic heterocycles. The Bertz CT molecular complexity index is 839. The van der Waals surface area contributed by atoms with Crippen molar-refractivity contribution in [3.63, 3.8) is 0 Å². The van der Waals surface area contributed by atoms with Crippen LogP contribution in [0.4, 0.5) is 0 Å². The first-order chi connectivity index (χ1) is 11.1. The summed E-state index contributed by atoms with van der Waals surface area (Å²) in [5.74, 6) is 0.707. The van der Waals surface area contributed by atoms with Gasteiger partial charge < -0.3 is 10.3 Å². The number of nitrogens with zero attached hydrogens (tertiary/aromatic N) is 1. The molecule has 1 heterocycles. The molecule has 0 unspecified atom stereocenters. The Morgan fingerprint density at radius 3 is 2.70 bits per heavy atom. The zero-order chi connectivity index (χ0) is 16.4. The highest BCUT2D eigenvalue weighted by atomic mass is 35.5. The monoisotopic (exact) mass is 327 g/mol. The van der Waals surface area contributed by atoms with Crippen LogP contribution in [0.25, 0.3) is 22.4 Å². The van der Waals surface area contributed by atoms with Crippen LogP contribution in [0.5, 0.6) is 0 Å². The van der Waals surface area contributed by atoms with Crippen molar-refractivity contribution in [3.8, 4) is 11.4 Å². The number of amides is 1. The van der Waals surface area contributed by atoms with Crippen molar-refractivity contribution in [1.82, 2.24) is 15.3 Å². The van der Waals surface area contributed by atoms with Crippen molar-refractivity contribution in [3.05, 3.63) is 53.1 Å². The van der Waals surface area contributed by atoms with E-state index >= 15 is 0 Å². The van der Waals surface area contributed by atoms with Gasteiger partial charge >= 0.3 is 0 Å². The number of hydrogen-bond donors (Lipinski definition) is 2. The summed E-state index contributed by atoms with van der Waals surface area (Å²) in [5.41, 5.74) is 3.33. The summed E-state index contributed by atoms with van der Waals surface area (Å²) in [6.07, 6.45) is 0.908. The number of fused-ring (bicyclic) bond motifs is 1. The van der Waals surface area contributed by atoms with Crippen LogP contribution in [0, 0.1) is 0 Å². The van der Waals surface area contributed by atoms with Crippen LogP contribution in [0.1, 0.15) is 30.6 Å². The van der Waals surface area contributed by atoms with Gasteiger partial charge in [0.1, 0.15) is 5.82 Å². The topological polar surface area (TPSA) is 57.8 Å². The van der Waals surface area contributed by atoms with E-state index in [1.54, 1.807) is 0 Å². The lowest BCUT2D eigenvalue weighted by Gasteiger charge is -2.11. The van der Waals surface area contributed by atoms with Gasteiger partial charge in [-0.2, -0.15) is 0 Å². The summed E-state index contributed by atoms with van der Waals surface area (Å²) in [6, 6.07) is 13.1. The summed E-state index contributed by atoms with van der Waals surface area (Å²) in [6.45, 7) is 4.04. The Labute approximate surface area is 139 Å². The van der Waals surface area contributed by atoms with Gasteiger partial charge in [-0.15, -0.1) is 0 Å². The van der Waals surface area contributed by atoms with Gasteiger partial charge in [0.15, 0.2) is 0 Å². The van der Waals surface area contributed by atoms with Crippen LogP contribution in [-0.2, 0) is 0 Å². The number of rotatable bonds is 4. The van der Waals surface area contributed by atoms with Gasteiger partial charge in [0.05, 0.1) is 11.0 Å². The molecule has 1 atom stereocenters. The zero-order valence-electron chi connectivity index (χ0n) is 13.1. The van der Waals surface area contributed by atoms with E-state index in [9.17, 15) is 4.79 Å². The Kier molecular flexibility index (Phi) is 4.35. The molecule has 0 aliphatic carbocycles. The van der Waals surface area contributed by atoms with Gasteiger partial charge in [0.2, 0.25) is 0 Å². The van der Waals surface area contributed by atoms with Crippen molar-refractivity contribution in [2.24, 2.45) is 0 Å². The maximum atomic E-state index is 12.1. The van der Waals surface area contributed by atoms with E-state index in [1.807, 2.05) is 56.3 Å². The predicted molar refractivity (Wildman–Crippen MR) is 93.8 cm³/mol. The first-order valence-corrected chi connectivity index (χ1v) is 8.01. The normalized spacial score (nSPS) is 12.3. The number of carbonyl (C=O) groups excluding carboxylic acids is 1. The molecule has 2 aromatic carbocycles. The van der Waals surface area contributed by atoms with Crippen LogP contribution in [0.2, 0.25) is 5.02 Å². The van der Waals surface area contributed by atoms with Crippen LogP contribution in [0.15, 0.2) is 42.5 Å². The fraction of sp³-hybridized carbons (Fsp3) is 0.222. The molecular weight excluding hydrogens is 310 g/mol. The highest BCUT2D eigenvalue weighted by Gasteiger charge is 2.10. The van der Waals surface area contributed by atoms with E-state index in [0.29, 0.717) is 10.6 Å². The van der Waals surface area contributed by atoms with Gasteiger partial charge in [-0.25, -0.2) is 4.98 Å². The number of nitrogens with one attached hydrogen (secondary N) is 2. The lowest BCUT2D eigenvalue weighted by molar-refractivity contribution is 0.0939. The molecule has 0 radical (unpaired) electrons. The maximum Gasteiger partial charge on any atom is 0.251 e. The van der Waals surface area contributed by atoms with Gasteiger partial charge in [-0.1, -0.05) is 30.7 Å². The quantitative estimate of drug-likeness (QED) is 0.745. The van der Waals surface area contributed by atoms with Gasteiger partial charge in [-0.3, -0.25) is 4.79 Å². The Morgan fingerprint density at radius 2 is 2.00 bits per heavy atom. The molecule has 1 aromatic heterocycles. The van der Waals surface area contributed by atoms with E-state index in [4.69, 9.17) is 11.6 Å². The molecule has 0 bridgehead atoms. The minimum Gasteiger partial charge on any atom is -0.350 e. The molecule has 3 aromatic rings. The number of halogens is 1. The lowest BCUT2D eigenvalue weighted by atomic mass is 10.1. The summed E-state index contributed by atoms with van der Waals surface area (Å²) in [4.78, 5) is 19.9. The zero-order valence-corrected chi connectivity index (χ0v) is 13.8. The van der Waals surface area contributed by atoms with Crippen molar-refractivity contribution in [2.45, 2.75) is 26.3 Å².